The van der Waals surface area contributed by atoms with Crippen LogP contribution in [0, 0.1) is 0 Å². The number of aliphatic hydroxyl groups excluding tert-OH is 2. The van der Waals surface area contributed by atoms with Gasteiger partial charge in [-0.3, -0.25) is 18.6 Å². The second kappa shape index (κ2) is 38.2. The third-order valence-electron chi connectivity index (χ3n) is 8.46. The van der Waals surface area contributed by atoms with Crippen molar-refractivity contribution in [3.63, 3.8) is 0 Å². The highest BCUT2D eigenvalue weighted by atomic mass is 31.2. The summed E-state index contributed by atoms with van der Waals surface area (Å²) >= 11 is 0. The maximum absolute atomic E-state index is 12.6. The minimum absolute atomic E-state index is 0.164. The Morgan fingerprint density at radius 1 is 0.566 bits per heavy atom. The van der Waals surface area contributed by atoms with Gasteiger partial charge in [-0.05, 0) is 77.0 Å². The van der Waals surface area contributed by atoms with E-state index >= 15 is 0 Å². The Bertz CT molecular complexity index is 1030. The number of ether oxygens (including phenoxy) is 2. The van der Waals surface area contributed by atoms with Crippen LogP contribution < -0.4 is 0 Å². The molecule has 0 bridgehead atoms. The molecule has 308 valence electrons. The lowest BCUT2D eigenvalue weighted by molar-refractivity contribution is -0.161. The van der Waals surface area contributed by atoms with Gasteiger partial charge in [0.2, 0.25) is 0 Å². The van der Waals surface area contributed by atoms with Crippen LogP contribution in [0.2, 0.25) is 0 Å². The zero-order chi connectivity index (χ0) is 39.1. The molecule has 3 N–H and O–H groups in total. The minimum Gasteiger partial charge on any atom is -0.462 e. The lowest BCUT2D eigenvalue weighted by Gasteiger charge is -2.20. The van der Waals surface area contributed by atoms with Gasteiger partial charge in [-0.25, -0.2) is 4.57 Å². The van der Waals surface area contributed by atoms with E-state index in [-0.39, 0.29) is 19.4 Å². The Balaban J connectivity index is 4.39. The molecule has 0 aliphatic heterocycles. The number of carbonyl (C=O) groups is 2. The van der Waals surface area contributed by atoms with Gasteiger partial charge in [-0.15, -0.1) is 0 Å². The van der Waals surface area contributed by atoms with Gasteiger partial charge in [0, 0.05) is 12.8 Å². The third kappa shape index (κ3) is 38.0. The van der Waals surface area contributed by atoms with E-state index < -0.39 is 51.8 Å². The zero-order valence-corrected chi connectivity index (χ0v) is 34.1. The molecule has 0 fully saturated rings. The first kappa shape index (κ1) is 50.9. The van der Waals surface area contributed by atoms with Gasteiger partial charge in [-0.2, -0.15) is 0 Å². The van der Waals surface area contributed by atoms with Gasteiger partial charge in [0.1, 0.15) is 12.7 Å². The van der Waals surface area contributed by atoms with Crippen molar-refractivity contribution < 1.29 is 47.8 Å². The van der Waals surface area contributed by atoms with Gasteiger partial charge >= 0.3 is 19.8 Å². The number of allylic oxidation sites excluding steroid dienone is 8. The van der Waals surface area contributed by atoms with Crippen molar-refractivity contribution in [2.75, 3.05) is 26.4 Å². The van der Waals surface area contributed by atoms with Crippen molar-refractivity contribution in [2.24, 2.45) is 0 Å². The first-order valence-electron chi connectivity index (χ1n) is 20.6. The molecule has 53 heavy (non-hydrogen) atoms. The summed E-state index contributed by atoms with van der Waals surface area (Å²) in [6.45, 7) is 2.28. The summed E-state index contributed by atoms with van der Waals surface area (Å²) < 4.78 is 32.6. The number of unbranched alkanes of at least 4 members (excludes halogenated alkanes) is 16. The fourth-order valence-electron chi connectivity index (χ4n) is 5.23. The number of hydrogen-bond acceptors (Lipinski definition) is 9. The largest absolute Gasteiger partial charge is 0.472 e. The van der Waals surface area contributed by atoms with Crippen LogP contribution in [-0.2, 0) is 32.7 Å². The third-order valence-corrected chi connectivity index (χ3v) is 9.41. The van der Waals surface area contributed by atoms with Crippen LogP contribution >= 0.6 is 7.82 Å². The Kier molecular flexibility index (Phi) is 36.7. The number of hydrogen-bond donors (Lipinski definition) is 3. The van der Waals surface area contributed by atoms with Crippen LogP contribution in [0.1, 0.15) is 168 Å². The van der Waals surface area contributed by atoms with Crippen LogP contribution in [0.4, 0.5) is 0 Å². The predicted molar refractivity (Wildman–Crippen MR) is 214 cm³/mol. The molecule has 0 saturated carbocycles. The highest BCUT2D eigenvalue weighted by molar-refractivity contribution is 7.47. The molecule has 0 rings (SSSR count). The van der Waals surface area contributed by atoms with Gasteiger partial charge in [0.05, 0.1) is 19.8 Å². The van der Waals surface area contributed by atoms with E-state index in [0.29, 0.717) is 12.8 Å². The number of rotatable bonds is 38. The second-order valence-corrected chi connectivity index (χ2v) is 15.1. The highest BCUT2D eigenvalue weighted by Gasteiger charge is 2.27. The summed E-state index contributed by atoms with van der Waals surface area (Å²) in [5, 5.41) is 18.3. The SMILES string of the molecule is CCCCC/C=C\C/C=C\CCCCCCCC(=O)OCC(COP(=O)(O)OCC(O)CO)OC(=O)CCCCCCC/C=C\C/C=C\CCCCC. The molecule has 0 spiro atoms. The van der Waals surface area contributed by atoms with E-state index in [1.54, 1.807) is 0 Å². The van der Waals surface area contributed by atoms with Gasteiger partial charge in [0.15, 0.2) is 6.10 Å². The van der Waals surface area contributed by atoms with Gasteiger partial charge in [0.25, 0.3) is 0 Å². The lowest BCUT2D eigenvalue weighted by Crippen LogP contribution is -2.29. The quantitative estimate of drug-likeness (QED) is 0.0240. The molecule has 0 aromatic heterocycles. The highest BCUT2D eigenvalue weighted by Crippen LogP contribution is 2.43. The van der Waals surface area contributed by atoms with E-state index in [9.17, 15) is 24.2 Å². The molecule has 0 radical (unpaired) electrons. The number of carbonyl (C=O) groups excluding carboxylic acids is 2. The average molecular weight is 771 g/mol. The molecule has 0 aliphatic rings. The molecular weight excluding hydrogens is 695 g/mol. The average Bonchev–Trinajstić information content (AvgIpc) is 3.14. The van der Waals surface area contributed by atoms with Crippen molar-refractivity contribution in [2.45, 2.75) is 180 Å². The van der Waals surface area contributed by atoms with Gasteiger partial charge < -0.3 is 24.6 Å². The maximum atomic E-state index is 12.6. The Hall–Kier alpha value is -2.07. The van der Waals surface area contributed by atoms with Crippen LogP contribution in [0.5, 0.6) is 0 Å². The van der Waals surface area contributed by atoms with Crippen LogP contribution in [0.15, 0.2) is 48.6 Å². The molecule has 0 aliphatic carbocycles. The first-order chi connectivity index (χ1) is 25.7. The molecule has 0 saturated heterocycles. The zero-order valence-electron chi connectivity index (χ0n) is 33.2. The van der Waals surface area contributed by atoms with Crippen molar-refractivity contribution in [3.8, 4) is 0 Å². The molecule has 0 aromatic rings. The van der Waals surface area contributed by atoms with E-state index in [1.807, 2.05) is 0 Å². The summed E-state index contributed by atoms with van der Waals surface area (Å²) in [6.07, 6.45) is 39.3. The monoisotopic (exact) mass is 771 g/mol. The number of phosphoric ester groups is 1. The van der Waals surface area contributed by atoms with Crippen LogP contribution in [0.3, 0.4) is 0 Å². The Morgan fingerprint density at radius 2 is 0.981 bits per heavy atom. The normalized spacial score (nSPS) is 14.4. The van der Waals surface area contributed by atoms with E-state index in [1.165, 1.54) is 38.5 Å². The minimum atomic E-state index is -4.62. The first-order valence-corrected chi connectivity index (χ1v) is 22.1. The van der Waals surface area contributed by atoms with Crippen LogP contribution in [-0.4, -0.2) is 65.7 Å². The fraction of sp³-hybridized carbons (Fsp3) is 0.762. The summed E-state index contributed by atoms with van der Waals surface area (Å²) in [4.78, 5) is 34.9. The molecule has 3 atom stereocenters. The summed E-state index contributed by atoms with van der Waals surface area (Å²) in [7, 11) is -4.62. The summed E-state index contributed by atoms with van der Waals surface area (Å²) in [5.41, 5.74) is 0. The van der Waals surface area contributed by atoms with Crippen molar-refractivity contribution in [1.82, 2.24) is 0 Å². The van der Waals surface area contributed by atoms with E-state index in [4.69, 9.17) is 19.1 Å². The molecule has 10 nitrogen and oxygen atoms in total. The van der Waals surface area contributed by atoms with E-state index in [0.717, 1.165) is 89.9 Å². The van der Waals surface area contributed by atoms with Crippen molar-refractivity contribution in [3.05, 3.63) is 48.6 Å². The molecule has 0 amide bonds. The van der Waals surface area contributed by atoms with E-state index in [2.05, 4.69) is 67.0 Å². The fourth-order valence-corrected chi connectivity index (χ4v) is 6.02. The smallest absolute Gasteiger partial charge is 0.462 e. The topological polar surface area (TPSA) is 149 Å². The second-order valence-electron chi connectivity index (χ2n) is 13.7. The molecular formula is C42H75O10P. The maximum Gasteiger partial charge on any atom is 0.472 e. The Morgan fingerprint density at radius 3 is 1.45 bits per heavy atom. The lowest BCUT2D eigenvalue weighted by atomic mass is 10.1. The standard InChI is InChI=1S/C42H75O10P/c1-3-5-7-9-11-13-15-17-19-21-23-25-27-29-31-33-41(45)49-37-40(38-51-53(47,48)50-36-39(44)35-43)52-42(46)34-32-30-28-26-24-22-20-18-16-14-12-10-8-6-4-2/h11-14,17-20,39-40,43-44H,3-10,15-16,21-38H2,1-2H3,(H,47,48)/b13-11-,14-12-,19-17-,20-18-. The van der Waals surface area contributed by atoms with Crippen molar-refractivity contribution in [1.29, 1.82) is 0 Å². The van der Waals surface area contributed by atoms with Gasteiger partial charge in [-0.1, -0.05) is 127 Å². The molecule has 11 heteroatoms. The molecule has 3 unspecified atom stereocenters. The summed E-state index contributed by atoms with van der Waals surface area (Å²) in [5.74, 6) is -0.960. The summed E-state index contributed by atoms with van der Waals surface area (Å²) in [6, 6.07) is 0. The number of aliphatic hydroxyl groups is 2. The Labute approximate surface area is 322 Å². The molecule has 0 aromatic carbocycles. The predicted octanol–water partition coefficient (Wildman–Crippen LogP) is 10.6. The number of esters is 2. The van der Waals surface area contributed by atoms with Crippen LogP contribution in [0.25, 0.3) is 0 Å². The number of phosphoric acid groups is 1. The molecule has 0 heterocycles. The van der Waals surface area contributed by atoms with Crippen molar-refractivity contribution >= 4 is 19.8 Å².